The fourth-order valence-electron chi connectivity index (χ4n) is 1.85. The summed E-state index contributed by atoms with van der Waals surface area (Å²) < 4.78 is 10.4. The molecule has 98 valence electrons. The lowest BCUT2D eigenvalue weighted by Gasteiger charge is -2.26. The Balaban J connectivity index is 2.08. The number of benzene rings is 1. The van der Waals surface area contributed by atoms with E-state index < -0.39 is 11.5 Å². The van der Waals surface area contributed by atoms with Gasteiger partial charge in [-0.3, -0.25) is 0 Å². The molecule has 0 saturated heterocycles. The molecule has 18 heavy (non-hydrogen) atoms. The van der Waals surface area contributed by atoms with Crippen molar-refractivity contribution in [3.8, 4) is 0 Å². The van der Waals surface area contributed by atoms with Crippen LogP contribution in [-0.2, 0) is 19.8 Å². The van der Waals surface area contributed by atoms with Gasteiger partial charge in [0.1, 0.15) is 0 Å². The smallest absolute Gasteiger partial charge is 0.332 e. The molecule has 1 saturated carbocycles. The zero-order valence-electron chi connectivity index (χ0n) is 10.6. The number of nitrogens with two attached hydrogens (primary N) is 1. The molecule has 1 aliphatic carbocycles. The van der Waals surface area contributed by atoms with Crippen molar-refractivity contribution < 1.29 is 14.3 Å². The van der Waals surface area contributed by atoms with Gasteiger partial charge in [-0.25, -0.2) is 4.79 Å². The lowest BCUT2D eigenvalue weighted by atomic mass is 9.92. The zero-order valence-corrected chi connectivity index (χ0v) is 10.6. The van der Waals surface area contributed by atoms with Crippen LogP contribution in [0.15, 0.2) is 30.3 Å². The van der Waals surface area contributed by atoms with Gasteiger partial charge in [0.25, 0.3) is 0 Å². The number of esters is 1. The van der Waals surface area contributed by atoms with Crippen LogP contribution >= 0.6 is 0 Å². The van der Waals surface area contributed by atoms with Crippen molar-refractivity contribution in [2.45, 2.75) is 18.4 Å². The molecular formula is C14H19NO3. The minimum Gasteiger partial charge on any atom is -0.467 e. The molecule has 0 radical (unpaired) electrons. The molecule has 0 amide bonds. The number of methoxy groups -OCH3 is 1. The molecule has 2 rings (SSSR count). The van der Waals surface area contributed by atoms with E-state index in [-0.39, 0.29) is 6.61 Å². The first-order valence-electron chi connectivity index (χ1n) is 6.17. The average molecular weight is 249 g/mol. The minimum absolute atomic E-state index is 0.153. The zero-order chi connectivity index (χ0) is 13.0. The Morgan fingerprint density at radius 2 is 2.06 bits per heavy atom. The van der Waals surface area contributed by atoms with E-state index in [1.807, 2.05) is 30.3 Å². The second kappa shape index (κ2) is 5.50. The van der Waals surface area contributed by atoms with E-state index in [4.69, 9.17) is 15.2 Å². The summed E-state index contributed by atoms with van der Waals surface area (Å²) in [5.41, 5.74) is 5.68. The van der Waals surface area contributed by atoms with Crippen molar-refractivity contribution in [3.63, 3.8) is 0 Å². The largest absolute Gasteiger partial charge is 0.467 e. The number of carbonyl (C=O) groups is 1. The molecule has 4 nitrogen and oxygen atoms in total. The third-order valence-corrected chi connectivity index (χ3v) is 3.22. The van der Waals surface area contributed by atoms with Crippen LogP contribution in [0.25, 0.3) is 0 Å². The van der Waals surface area contributed by atoms with Crippen LogP contribution in [0.3, 0.4) is 0 Å². The Morgan fingerprint density at radius 3 is 2.61 bits per heavy atom. The molecule has 2 N–H and O–H groups in total. The van der Waals surface area contributed by atoms with E-state index in [1.165, 1.54) is 20.0 Å². The van der Waals surface area contributed by atoms with E-state index in [2.05, 4.69) is 0 Å². The summed E-state index contributed by atoms with van der Waals surface area (Å²) in [7, 11) is 1.34. The van der Waals surface area contributed by atoms with Crippen molar-refractivity contribution in [1.82, 2.24) is 0 Å². The van der Waals surface area contributed by atoms with Crippen LogP contribution in [-0.4, -0.2) is 26.3 Å². The quantitative estimate of drug-likeness (QED) is 0.775. The monoisotopic (exact) mass is 249 g/mol. The van der Waals surface area contributed by atoms with Crippen LogP contribution in [0.1, 0.15) is 18.4 Å². The van der Waals surface area contributed by atoms with E-state index >= 15 is 0 Å². The SMILES string of the molecule is COC(=O)C(N)(COCC1CC1)c1ccccc1. The Bertz CT molecular complexity index is 403. The summed E-state index contributed by atoms with van der Waals surface area (Å²) in [6.07, 6.45) is 2.42. The molecule has 1 unspecified atom stereocenters. The van der Waals surface area contributed by atoms with E-state index in [9.17, 15) is 4.79 Å². The molecule has 1 aliphatic rings. The molecule has 1 aromatic carbocycles. The number of hydrogen-bond acceptors (Lipinski definition) is 4. The van der Waals surface area contributed by atoms with Crippen molar-refractivity contribution in [2.24, 2.45) is 11.7 Å². The Hall–Kier alpha value is -1.39. The Morgan fingerprint density at radius 1 is 1.39 bits per heavy atom. The number of ether oxygens (including phenoxy) is 2. The summed E-state index contributed by atoms with van der Waals surface area (Å²) in [4.78, 5) is 11.9. The molecule has 1 aromatic rings. The fraction of sp³-hybridized carbons (Fsp3) is 0.500. The molecular weight excluding hydrogens is 230 g/mol. The normalized spacial score (nSPS) is 18.1. The highest BCUT2D eigenvalue weighted by Crippen LogP contribution is 2.29. The van der Waals surface area contributed by atoms with Gasteiger partial charge in [0.05, 0.1) is 13.7 Å². The maximum Gasteiger partial charge on any atom is 0.332 e. The minimum atomic E-state index is -1.22. The Labute approximate surface area is 107 Å². The summed E-state index contributed by atoms with van der Waals surface area (Å²) in [6, 6.07) is 9.21. The van der Waals surface area contributed by atoms with Gasteiger partial charge in [-0.1, -0.05) is 30.3 Å². The van der Waals surface area contributed by atoms with Gasteiger partial charge in [0.2, 0.25) is 0 Å². The maximum absolute atomic E-state index is 11.9. The summed E-state index contributed by atoms with van der Waals surface area (Å²) in [5.74, 6) is 0.173. The van der Waals surface area contributed by atoms with E-state index in [1.54, 1.807) is 0 Å². The molecule has 0 aliphatic heterocycles. The third-order valence-electron chi connectivity index (χ3n) is 3.22. The standard InChI is InChI=1S/C14H19NO3/c1-17-13(16)14(15,10-18-9-11-7-8-11)12-5-3-2-4-6-12/h2-6,11H,7-10,15H2,1H3. The first-order chi connectivity index (χ1) is 8.66. The lowest BCUT2D eigenvalue weighted by Crippen LogP contribution is -2.49. The summed E-state index contributed by atoms with van der Waals surface area (Å²) >= 11 is 0. The van der Waals surface area contributed by atoms with Gasteiger partial charge >= 0.3 is 5.97 Å². The van der Waals surface area contributed by atoms with Gasteiger partial charge in [-0.2, -0.15) is 0 Å². The first-order valence-corrected chi connectivity index (χ1v) is 6.17. The molecule has 0 bridgehead atoms. The van der Waals surface area contributed by atoms with Gasteiger partial charge in [-0.15, -0.1) is 0 Å². The second-order valence-corrected chi connectivity index (χ2v) is 4.79. The van der Waals surface area contributed by atoms with E-state index in [0.717, 1.165) is 0 Å². The maximum atomic E-state index is 11.9. The third kappa shape index (κ3) is 2.89. The van der Waals surface area contributed by atoms with Gasteiger partial charge < -0.3 is 15.2 Å². The number of carbonyl (C=O) groups excluding carboxylic acids is 1. The molecule has 0 aromatic heterocycles. The average Bonchev–Trinajstić information content (AvgIpc) is 3.22. The van der Waals surface area contributed by atoms with Crippen LogP contribution in [0.5, 0.6) is 0 Å². The van der Waals surface area contributed by atoms with E-state index in [0.29, 0.717) is 18.1 Å². The fourth-order valence-corrected chi connectivity index (χ4v) is 1.85. The van der Waals surface area contributed by atoms with Crippen LogP contribution in [0.2, 0.25) is 0 Å². The molecule has 0 heterocycles. The topological polar surface area (TPSA) is 61.5 Å². The summed E-state index contributed by atoms with van der Waals surface area (Å²) in [5, 5.41) is 0. The van der Waals surface area contributed by atoms with Crippen molar-refractivity contribution in [3.05, 3.63) is 35.9 Å². The molecule has 1 atom stereocenters. The molecule has 0 spiro atoms. The van der Waals surface area contributed by atoms with Crippen molar-refractivity contribution >= 4 is 5.97 Å². The highest BCUT2D eigenvalue weighted by molar-refractivity contribution is 5.82. The highest BCUT2D eigenvalue weighted by atomic mass is 16.5. The predicted octanol–water partition coefficient (Wildman–Crippen LogP) is 1.44. The second-order valence-electron chi connectivity index (χ2n) is 4.79. The van der Waals surface area contributed by atoms with Crippen molar-refractivity contribution in [1.29, 1.82) is 0 Å². The first kappa shape index (κ1) is 13.1. The lowest BCUT2D eigenvalue weighted by molar-refractivity contribution is -0.150. The van der Waals surface area contributed by atoms with Crippen LogP contribution in [0, 0.1) is 5.92 Å². The van der Waals surface area contributed by atoms with Crippen molar-refractivity contribution in [2.75, 3.05) is 20.3 Å². The number of rotatable bonds is 6. The Kier molecular flexibility index (Phi) is 3.99. The van der Waals surface area contributed by atoms with Gasteiger partial charge in [0, 0.05) is 6.61 Å². The molecule has 1 fully saturated rings. The summed E-state index contributed by atoms with van der Waals surface area (Å²) in [6.45, 7) is 0.822. The van der Waals surface area contributed by atoms with Crippen LogP contribution < -0.4 is 5.73 Å². The number of hydrogen-bond donors (Lipinski definition) is 1. The van der Waals surface area contributed by atoms with Crippen LogP contribution in [0.4, 0.5) is 0 Å². The highest BCUT2D eigenvalue weighted by Gasteiger charge is 2.38. The predicted molar refractivity (Wildman–Crippen MR) is 67.9 cm³/mol. The van der Waals surface area contributed by atoms with Gasteiger partial charge in [0.15, 0.2) is 5.54 Å². The van der Waals surface area contributed by atoms with Gasteiger partial charge in [-0.05, 0) is 24.3 Å². The molecule has 4 heteroatoms.